The molecule has 1 amide bonds. The number of carbonyl (C=O) groups is 2. The van der Waals surface area contributed by atoms with E-state index in [0.717, 1.165) is 59.1 Å². The Hall–Kier alpha value is -3.21. The molecule has 1 aliphatic carbocycles. The maximum Gasteiger partial charge on any atom is 0.339 e. The third-order valence-electron chi connectivity index (χ3n) is 5.91. The van der Waals surface area contributed by atoms with Crippen LogP contribution in [0.1, 0.15) is 40.5 Å². The molecule has 5 nitrogen and oxygen atoms in total. The number of para-hydroxylation sites is 2. The van der Waals surface area contributed by atoms with Gasteiger partial charge in [-0.05, 0) is 55.9 Å². The van der Waals surface area contributed by atoms with Crippen molar-refractivity contribution in [3.05, 3.63) is 70.9 Å². The van der Waals surface area contributed by atoms with E-state index in [1.807, 2.05) is 48.5 Å². The van der Waals surface area contributed by atoms with Gasteiger partial charge in [-0.1, -0.05) is 36.4 Å². The van der Waals surface area contributed by atoms with Crippen LogP contribution in [0.4, 0.5) is 5.69 Å². The van der Waals surface area contributed by atoms with E-state index in [-0.39, 0.29) is 5.91 Å². The molecule has 5 heteroatoms. The highest BCUT2D eigenvalue weighted by Crippen LogP contribution is 2.31. The first-order chi connectivity index (χ1) is 14.1. The molecular weight excluding hydrogens is 364 g/mol. The molecule has 146 valence electrons. The normalized spacial score (nSPS) is 15.8. The van der Waals surface area contributed by atoms with E-state index in [9.17, 15) is 9.59 Å². The average molecular weight is 386 g/mol. The lowest BCUT2D eigenvalue weighted by Crippen LogP contribution is -2.39. The zero-order chi connectivity index (χ0) is 20.0. The Bertz CT molecular complexity index is 1140. The number of esters is 1. The van der Waals surface area contributed by atoms with Crippen molar-refractivity contribution >= 4 is 28.5 Å². The number of carbonyl (C=O) groups excluding carboxylic acids is 2. The number of aromatic nitrogens is 1. The predicted molar refractivity (Wildman–Crippen MR) is 111 cm³/mol. The van der Waals surface area contributed by atoms with Crippen LogP contribution >= 0.6 is 0 Å². The van der Waals surface area contributed by atoms with Crippen molar-refractivity contribution < 1.29 is 14.3 Å². The zero-order valence-corrected chi connectivity index (χ0v) is 16.4. The van der Waals surface area contributed by atoms with Crippen LogP contribution in [0.15, 0.2) is 48.5 Å². The van der Waals surface area contributed by atoms with Crippen LogP contribution in [-0.4, -0.2) is 29.5 Å². The van der Waals surface area contributed by atoms with Gasteiger partial charge in [-0.15, -0.1) is 0 Å². The third-order valence-corrected chi connectivity index (χ3v) is 5.91. The van der Waals surface area contributed by atoms with Crippen LogP contribution in [0, 0.1) is 0 Å². The molecular formula is C24H22N2O3. The summed E-state index contributed by atoms with van der Waals surface area (Å²) in [6, 6.07) is 15.5. The number of hydrogen-bond donors (Lipinski definition) is 0. The Balaban J connectivity index is 1.43. The quantitative estimate of drug-likeness (QED) is 0.642. The standard InChI is InChI=1S/C24H22N2O3/c1-15(23(27)26-14-13-16-7-2-5-12-21(16)26)29-24(28)22-17-8-3-4-10-19(17)25-20-11-6-9-18(20)22/h2-5,7-8,10,12,15H,6,9,11,13-14H2,1H3. The summed E-state index contributed by atoms with van der Waals surface area (Å²) >= 11 is 0. The van der Waals surface area contributed by atoms with Crippen molar-refractivity contribution in [2.45, 2.75) is 38.7 Å². The van der Waals surface area contributed by atoms with E-state index in [1.165, 1.54) is 0 Å². The van der Waals surface area contributed by atoms with Crippen molar-refractivity contribution in [2.24, 2.45) is 0 Å². The molecule has 1 unspecified atom stereocenters. The fourth-order valence-electron chi connectivity index (χ4n) is 4.50. The largest absolute Gasteiger partial charge is 0.449 e. The minimum Gasteiger partial charge on any atom is -0.449 e. The lowest BCUT2D eigenvalue weighted by molar-refractivity contribution is -0.126. The molecule has 0 N–H and O–H groups in total. The first-order valence-electron chi connectivity index (χ1n) is 10.1. The van der Waals surface area contributed by atoms with Crippen LogP contribution in [0.2, 0.25) is 0 Å². The number of nitrogens with zero attached hydrogens (tertiary/aromatic N) is 2. The topological polar surface area (TPSA) is 59.5 Å². The minimum absolute atomic E-state index is 0.182. The lowest BCUT2D eigenvalue weighted by Gasteiger charge is -2.22. The van der Waals surface area contributed by atoms with Gasteiger partial charge >= 0.3 is 5.97 Å². The van der Waals surface area contributed by atoms with E-state index < -0.39 is 12.1 Å². The number of rotatable bonds is 3. The minimum atomic E-state index is -0.849. The first kappa shape index (κ1) is 17.9. The molecule has 0 bridgehead atoms. The maximum absolute atomic E-state index is 13.2. The summed E-state index contributed by atoms with van der Waals surface area (Å²) in [5, 5.41) is 0.796. The Labute approximate surface area is 169 Å². The fraction of sp³-hybridized carbons (Fsp3) is 0.292. The van der Waals surface area contributed by atoms with Gasteiger partial charge in [0.1, 0.15) is 0 Å². The molecule has 0 spiro atoms. The average Bonchev–Trinajstić information content (AvgIpc) is 3.37. The van der Waals surface area contributed by atoms with Crippen LogP contribution < -0.4 is 4.90 Å². The van der Waals surface area contributed by atoms with Gasteiger partial charge in [-0.3, -0.25) is 9.78 Å². The van der Waals surface area contributed by atoms with Crippen molar-refractivity contribution in [3.8, 4) is 0 Å². The van der Waals surface area contributed by atoms with Crippen LogP contribution in [0.25, 0.3) is 10.9 Å². The number of pyridine rings is 1. The van der Waals surface area contributed by atoms with Gasteiger partial charge < -0.3 is 9.64 Å². The highest BCUT2D eigenvalue weighted by Gasteiger charge is 2.32. The van der Waals surface area contributed by atoms with Crippen LogP contribution in [0.5, 0.6) is 0 Å². The summed E-state index contributed by atoms with van der Waals surface area (Å²) in [5.74, 6) is -0.617. The molecule has 0 saturated carbocycles. The number of hydrogen-bond acceptors (Lipinski definition) is 4. The zero-order valence-electron chi connectivity index (χ0n) is 16.4. The van der Waals surface area contributed by atoms with Gasteiger partial charge in [-0.25, -0.2) is 4.79 Å². The van der Waals surface area contributed by atoms with Gasteiger partial charge in [0.15, 0.2) is 6.10 Å². The molecule has 0 radical (unpaired) electrons. The molecule has 1 atom stereocenters. The molecule has 1 aromatic heterocycles. The van der Waals surface area contributed by atoms with Gasteiger partial charge in [0, 0.05) is 23.3 Å². The van der Waals surface area contributed by atoms with Crippen molar-refractivity contribution in [1.82, 2.24) is 4.98 Å². The monoisotopic (exact) mass is 386 g/mol. The lowest BCUT2D eigenvalue weighted by atomic mass is 10.0. The first-order valence-corrected chi connectivity index (χ1v) is 10.1. The molecule has 0 fully saturated rings. The predicted octanol–water partition coefficient (Wildman–Crippen LogP) is 3.86. The van der Waals surface area contributed by atoms with Crippen LogP contribution in [-0.2, 0) is 28.8 Å². The Kier molecular flexibility index (Phi) is 4.31. The summed E-state index contributed by atoms with van der Waals surface area (Å²) in [4.78, 5) is 32.6. The molecule has 2 aliphatic rings. The molecule has 1 aliphatic heterocycles. The second kappa shape index (κ2) is 6.99. The number of benzene rings is 2. The Morgan fingerprint density at radius 1 is 1.03 bits per heavy atom. The van der Waals surface area contributed by atoms with E-state index in [1.54, 1.807) is 11.8 Å². The van der Waals surface area contributed by atoms with Crippen molar-refractivity contribution in [3.63, 3.8) is 0 Å². The summed E-state index contributed by atoms with van der Waals surface area (Å²) in [7, 11) is 0. The van der Waals surface area contributed by atoms with E-state index >= 15 is 0 Å². The highest BCUT2D eigenvalue weighted by molar-refractivity contribution is 6.07. The number of ether oxygens (including phenoxy) is 1. The third kappa shape index (κ3) is 2.97. The van der Waals surface area contributed by atoms with Gasteiger partial charge in [0.25, 0.3) is 5.91 Å². The number of amides is 1. The van der Waals surface area contributed by atoms with Gasteiger partial charge in [-0.2, -0.15) is 0 Å². The number of anilines is 1. The van der Waals surface area contributed by atoms with Crippen molar-refractivity contribution in [1.29, 1.82) is 0 Å². The highest BCUT2D eigenvalue weighted by atomic mass is 16.5. The summed E-state index contributed by atoms with van der Waals surface area (Å²) < 4.78 is 5.70. The fourth-order valence-corrected chi connectivity index (χ4v) is 4.50. The maximum atomic E-state index is 13.2. The van der Waals surface area contributed by atoms with Gasteiger partial charge in [0.05, 0.1) is 11.1 Å². The summed E-state index contributed by atoms with van der Waals surface area (Å²) in [6.45, 7) is 2.28. The van der Waals surface area contributed by atoms with E-state index in [0.29, 0.717) is 12.1 Å². The Morgan fingerprint density at radius 2 is 1.83 bits per heavy atom. The number of fused-ring (bicyclic) bond motifs is 3. The second-order valence-electron chi connectivity index (χ2n) is 7.70. The van der Waals surface area contributed by atoms with E-state index in [2.05, 4.69) is 0 Å². The smallest absolute Gasteiger partial charge is 0.339 e. The summed E-state index contributed by atoms with van der Waals surface area (Å²) in [6.07, 6.45) is 2.65. The molecule has 2 aromatic carbocycles. The SMILES string of the molecule is CC(OC(=O)c1c2c(nc3ccccc13)CCC2)C(=O)N1CCc2ccccc21. The Morgan fingerprint density at radius 3 is 2.72 bits per heavy atom. The molecule has 2 heterocycles. The molecule has 29 heavy (non-hydrogen) atoms. The van der Waals surface area contributed by atoms with E-state index in [4.69, 9.17) is 9.72 Å². The van der Waals surface area contributed by atoms with Gasteiger partial charge in [0.2, 0.25) is 0 Å². The molecule has 3 aromatic rings. The van der Waals surface area contributed by atoms with Crippen LogP contribution in [0.3, 0.4) is 0 Å². The second-order valence-corrected chi connectivity index (χ2v) is 7.70. The molecule has 0 saturated heterocycles. The molecule has 5 rings (SSSR count). The summed E-state index contributed by atoms with van der Waals surface area (Å²) in [5.41, 5.74) is 5.38. The number of aryl methyl sites for hydroxylation is 1. The van der Waals surface area contributed by atoms with Crippen molar-refractivity contribution in [2.75, 3.05) is 11.4 Å².